The zero-order chi connectivity index (χ0) is 16.2. The van der Waals surface area contributed by atoms with Gasteiger partial charge in [0.15, 0.2) is 0 Å². The first-order valence-corrected chi connectivity index (χ1v) is 8.54. The molecule has 2 aromatic rings. The third kappa shape index (κ3) is 3.42. The number of fused-ring (bicyclic) bond motifs is 1. The molecular formula is C15H19N5O2S. The molecule has 1 fully saturated rings. The monoisotopic (exact) mass is 333 g/mol. The van der Waals surface area contributed by atoms with Crippen LogP contribution in [0.3, 0.4) is 0 Å². The lowest BCUT2D eigenvalue weighted by Gasteiger charge is -2.14. The first-order valence-electron chi connectivity index (χ1n) is 7.66. The summed E-state index contributed by atoms with van der Waals surface area (Å²) in [6, 6.07) is 1.98. The van der Waals surface area contributed by atoms with Crippen LogP contribution in [-0.4, -0.2) is 52.9 Å². The molecule has 1 saturated heterocycles. The zero-order valence-corrected chi connectivity index (χ0v) is 13.7. The second-order valence-corrected chi connectivity index (χ2v) is 6.31. The van der Waals surface area contributed by atoms with Gasteiger partial charge in [-0.15, -0.1) is 11.3 Å². The Balaban J connectivity index is 1.46. The summed E-state index contributed by atoms with van der Waals surface area (Å²) in [5, 5.41) is 9.06. The van der Waals surface area contributed by atoms with E-state index in [4.69, 9.17) is 0 Å². The summed E-state index contributed by atoms with van der Waals surface area (Å²) in [7, 11) is 0. The normalized spacial score (nSPS) is 17.7. The minimum absolute atomic E-state index is 0.0560. The van der Waals surface area contributed by atoms with Crippen LogP contribution in [0, 0.1) is 5.92 Å². The molecule has 122 valence electrons. The molecule has 0 bridgehead atoms. The number of thiophene rings is 1. The Bertz CT molecular complexity index is 717. The minimum Gasteiger partial charge on any atom is -0.368 e. The van der Waals surface area contributed by atoms with Gasteiger partial charge in [0.25, 0.3) is 0 Å². The fraction of sp³-hybridized carbons (Fsp3) is 0.467. The molecule has 2 N–H and O–H groups in total. The van der Waals surface area contributed by atoms with E-state index in [9.17, 15) is 9.59 Å². The molecule has 3 rings (SSSR count). The zero-order valence-electron chi connectivity index (χ0n) is 12.9. The highest BCUT2D eigenvalue weighted by Gasteiger charge is 2.32. The van der Waals surface area contributed by atoms with Crippen LogP contribution >= 0.6 is 11.3 Å². The van der Waals surface area contributed by atoms with Crippen LogP contribution in [0.25, 0.3) is 10.2 Å². The van der Waals surface area contributed by atoms with Crippen LogP contribution in [0.1, 0.15) is 13.3 Å². The molecule has 2 aromatic heterocycles. The van der Waals surface area contributed by atoms with E-state index in [2.05, 4.69) is 20.6 Å². The van der Waals surface area contributed by atoms with Crippen molar-refractivity contribution in [2.45, 2.75) is 13.3 Å². The number of amides is 2. The summed E-state index contributed by atoms with van der Waals surface area (Å²) in [4.78, 5) is 34.8. The van der Waals surface area contributed by atoms with Crippen LogP contribution in [0.5, 0.6) is 0 Å². The summed E-state index contributed by atoms with van der Waals surface area (Å²) in [5.74, 6) is 0.551. The highest BCUT2D eigenvalue weighted by Crippen LogP contribution is 2.23. The van der Waals surface area contributed by atoms with E-state index in [-0.39, 0.29) is 17.7 Å². The van der Waals surface area contributed by atoms with Gasteiger partial charge >= 0.3 is 0 Å². The molecule has 8 heteroatoms. The van der Waals surface area contributed by atoms with E-state index in [1.165, 1.54) is 6.33 Å². The summed E-state index contributed by atoms with van der Waals surface area (Å²) in [5.41, 5.74) is 0. The summed E-state index contributed by atoms with van der Waals surface area (Å²) in [6.45, 7) is 4.18. The first-order chi connectivity index (χ1) is 11.2. The second kappa shape index (κ2) is 6.91. The SMILES string of the molecule is CCN1C[C@H](C(=O)NCCNc2ncnc3sccc23)CC1=O. The molecule has 0 unspecified atom stereocenters. The summed E-state index contributed by atoms with van der Waals surface area (Å²) in [6.07, 6.45) is 1.85. The molecule has 1 aliphatic heterocycles. The van der Waals surface area contributed by atoms with Crippen molar-refractivity contribution in [3.63, 3.8) is 0 Å². The molecule has 0 aromatic carbocycles. The minimum atomic E-state index is -0.231. The smallest absolute Gasteiger partial charge is 0.225 e. The van der Waals surface area contributed by atoms with Crippen LogP contribution in [-0.2, 0) is 9.59 Å². The van der Waals surface area contributed by atoms with Crippen molar-refractivity contribution in [3.8, 4) is 0 Å². The second-order valence-electron chi connectivity index (χ2n) is 5.41. The molecule has 23 heavy (non-hydrogen) atoms. The maximum absolute atomic E-state index is 12.1. The number of nitrogens with zero attached hydrogens (tertiary/aromatic N) is 3. The number of hydrogen-bond donors (Lipinski definition) is 2. The van der Waals surface area contributed by atoms with Gasteiger partial charge < -0.3 is 15.5 Å². The highest BCUT2D eigenvalue weighted by molar-refractivity contribution is 7.16. The lowest BCUT2D eigenvalue weighted by atomic mass is 10.1. The number of anilines is 1. The van der Waals surface area contributed by atoms with Crippen LogP contribution < -0.4 is 10.6 Å². The third-order valence-electron chi connectivity index (χ3n) is 3.95. The Labute approximate surface area is 138 Å². The van der Waals surface area contributed by atoms with Gasteiger partial charge in [0.05, 0.1) is 11.3 Å². The quantitative estimate of drug-likeness (QED) is 0.773. The van der Waals surface area contributed by atoms with Crippen LogP contribution in [0.2, 0.25) is 0 Å². The molecule has 0 saturated carbocycles. The van der Waals surface area contributed by atoms with Crippen molar-refractivity contribution in [2.24, 2.45) is 5.92 Å². The Morgan fingerprint density at radius 3 is 3.09 bits per heavy atom. The van der Waals surface area contributed by atoms with E-state index in [0.717, 1.165) is 16.0 Å². The van der Waals surface area contributed by atoms with Gasteiger partial charge in [0, 0.05) is 32.6 Å². The lowest BCUT2D eigenvalue weighted by Crippen LogP contribution is -2.35. The largest absolute Gasteiger partial charge is 0.368 e. The summed E-state index contributed by atoms with van der Waals surface area (Å²) >= 11 is 1.57. The first kappa shape index (κ1) is 15.7. The van der Waals surface area contributed by atoms with Crippen molar-refractivity contribution in [1.82, 2.24) is 20.2 Å². The predicted molar refractivity (Wildman–Crippen MR) is 89.3 cm³/mol. The topological polar surface area (TPSA) is 87.2 Å². The molecule has 0 aliphatic carbocycles. The van der Waals surface area contributed by atoms with Crippen molar-refractivity contribution in [1.29, 1.82) is 0 Å². The van der Waals surface area contributed by atoms with Gasteiger partial charge in [-0.2, -0.15) is 0 Å². The van der Waals surface area contributed by atoms with E-state index in [0.29, 0.717) is 32.6 Å². The van der Waals surface area contributed by atoms with Crippen molar-refractivity contribution in [2.75, 3.05) is 31.5 Å². The number of carbonyl (C=O) groups excluding carboxylic acids is 2. The number of hydrogen-bond acceptors (Lipinski definition) is 6. The van der Waals surface area contributed by atoms with Crippen molar-refractivity contribution in [3.05, 3.63) is 17.8 Å². The fourth-order valence-electron chi connectivity index (χ4n) is 2.70. The van der Waals surface area contributed by atoms with E-state index < -0.39 is 0 Å². The summed E-state index contributed by atoms with van der Waals surface area (Å²) < 4.78 is 0. The Hall–Kier alpha value is -2.22. The van der Waals surface area contributed by atoms with Gasteiger partial charge in [-0.05, 0) is 18.4 Å². The maximum Gasteiger partial charge on any atom is 0.225 e. The molecule has 0 spiro atoms. The molecule has 7 nitrogen and oxygen atoms in total. The lowest BCUT2D eigenvalue weighted by molar-refractivity contribution is -0.128. The van der Waals surface area contributed by atoms with Crippen LogP contribution in [0.15, 0.2) is 17.8 Å². The Morgan fingerprint density at radius 2 is 2.30 bits per heavy atom. The van der Waals surface area contributed by atoms with Gasteiger partial charge in [-0.1, -0.05) is 0 Å². The molecule has 0 radical (unpaired) electrons. The van der Waals surface area contributed by atoms with Crippen LogP contribution in [0.4, 0.5) is 5.82 Å². The Morgan fingerprint density at radius 1 is 1.43 bits per heavy atom. The molecule has 3 heterocycles. The number of likely N-dealkylation sites (tertiary alicyclic amines) is 1. The van der Waals surface area contributed by atoms with Crippen molar-refractivity contribution >= 4 is 39.2 Å². The number of rotatable bonds is 6. The molecule has 1 aliphatic rings. The van der Waals surface area contributed by atoms with Gasteiger partial charge in [-0.3, -0.25) is 9.59 Å². The number of carbonyl (C=O) groups is 2. The fourth-order valence-corrected chi connectivity index (χ4v) is 3.43. The molecular weight excluding hydrogens is 314 g/mol. The average molecular weight is 333 g/mol. The average Bonchev–Trinajstić information content (AvgIpc) is 3.17. The highest BCUT2D eigenvalue weighted by atomic mass is 32.1. The van der Waals surface area contributed by atoms with E-state index >= 15 is 0 Å². The Kier molecular flexibility index (Phi) is 4.71. The number of aromatic nitrogens is 2. The molecule has 2 amide bonds. The van der Waals surface area contributed by atoms with E-state index in [1.54, 1.807) is 16.2 Å². The maximum atomic E-state index is 12.1. The van der Waals surface area contributed by atoms with Crippen molar-refractivity contribution < 1.29 is 9.59 Å². The van der Waals surface area contributed by atoms with Gasteiger partial charge in [-0.25, -0.2) is 9.97 Å². The van der Waals surface area contributed by atoms with Gasteiger partial charge in [0.1, 0.15) is 17.0 Å². The van der Waals surface area contributed by atoms with E-state index in [1.807, 2.05) is 18.4 Å². The third-order valence-corrected chi connectivity index (χ3v) is 4.77. The van der Waals surface area contributed by atoms with Gasteiger partial charge in [0.2, 0.25) is 11.8 Å². The molecule has 1 atom stereocenters. The predicted octanol–water partition coefficient (Wildman–Crippen LogP) is 1.09. The number of nitrogens with one attached hydrogen (secondary N) is 2. The standard InChI is InChI=1S/C15H19N5O2S/c1-2-20-8-10(7-12(20)21)14(22)17-5-4-16-13-11-3-6-23-15(11)19-9-18-13/h3,6,9-10H,2,4-5,7-8H2,1H3,(H,17,22)(H,16,18,19)/t10-/m1/s1.